The Morgan fingerprint density at radius 3 is 2.38 bits per heavy atom. The first-order chi connectivity index (χ1) is 9.98. The Bertz CT molecular complexity index is 307. The van der Waals surface area contributed by atoms with E-state index in [1.807, 2.05) is 0 Å². The summed E-state index contributed by atoms with van der Waals surface area (Å²) < 4.78 is 0. The van der Waals surface area contributed by atoms with Crippen LogP contribution >= 0.6 is 0 Å². The standard InChI is InChI=1S/C21H40/c1-6-7-8-9-10-11-12-16(2)19-13-18(4)21(5)14-17(3)20(19)15-21/h16-20H,6-15H2,1-5H3. The van der Waals surface area contributed by atoms with E-state index in [4.69, 9.17) is 0 Å². The Labute approximate surface area is 134 Å². The van der Waals surface area contributed by atoms with E-state index in [0.717, 1.165) is 29.6 Å². The number of hydrogen-bond acceptors (Lipinski definition) is 0. The highest BCUT2D eigenvalue weighted by molar-refractivity contribution is 5.01. The minimum atomic E-state index is 0.681. The van der Waals surface area contributed by atoms with Crippen LogP contribution in [0.25, 0.3) is 0 Å². The van der Waals surface area contributed by atoms with E-state index in [1.54, 1.807) is 0 Å². The van der Waals surface area contributed by atoms with Gasteiger partial charge in [-0.3, -0.25) is 0 Å². The van der Waals surface area contributed by atoms with Crippen LogP contribution in [0.15, 0.2) is 0 Å². The molecule has 0 aromatic rings. The normalized spacial score (nSPS) is 40.4. The molecule has 2 saturated carbocycles. The molecule has 0 radical (unpaired) electrons. The first-order valence-electron chi connectivity index (χ1n) is 9.98. The number of rotatable bonds is 8. The van der Waals surface area contributed by atoms with Gasteiger partial charge < -0.3 is 0 Å². The lowest BCUT2D eigenvalue weighted by Crippen LogP contribution is -2.34. The van der Waals surface area contributed by atoms with Gasteiger partial charge in [0.2, 0.25) is 0 Å². The summed E-state index contributed by atoms with van der Waals surface area (Å²) >= 11 is 0. The summed E-state index contributed by atoms with van der Waals surface area (Å²) in [5.41, 5.74) is 0.681. The van der Waals surface area contributed by atoms with Crippen LogP contribution in [0.4, 0.5) is 0 Å². The van der Waals surface area contributed by atoms with Gasteiger partial charge in [-0.05, 0) is 54.3 Å². The summed E-state index contributed by atoms with van der Waals surface area (Å²) in [6.45, 7) is 12.5. The Morgan fingerprint density at radius 2 is 1.67 bits per heavy atom. The molecule has 6 atom stereocenters. The SMILES string of the molecule is CCCCCCCCC(C)C1CC(C)C2(C)CC(C)C1C2. The molecule has 0 saturated heterocycles. The summed E-state index contributed by atoms with van der Waals surface area (Å²) in [7, 11) is 0. The molecule has 0 aromatic carbocycles. The first kappa shape index (κ1) is 17.4. The van der Waals surface area contributed by atoms with Crippen molar-refractivity contribution in [2.24, 2.45) is 35.0 Å². The Morgan fingerprint density at radius 1 is 1.00 bits per heavy atom. The molecule has 0 spiro atoms. The third-order valence-corrected chi connectivity index (χ3v) is 7.33. The fraction of sp³-hybridized carbons (Fsp3) is 1.00. The average Bonchev–Trinajstić information content (AvgIpc) is 2.71. The molecule has 124 valence electrons. The highest BCUT2D eigenvalue weighted by Gasteiger charge is 2.51. The number of unbranched alkanes of at least 4 members (excludes halogenated alkanes) is 5. The van der Waals surface area contributed by atoms with Crippen LogP contribution in [0, 0.1) is 35.0 Å². The molecule has 2 fully saturated rings. The molecule has 0 aliphatic heterocycles. The third-order valence-electron chi connectivity index (χ3n) is 7.33. The summed E-state index contributed by atoms with van der Waals surface area (Å²) in [5, 5.41) is 0. The van der Waals surface area contributed by atoms with Crippen LogP contribution in [0.5, 0.6) is 0 Å². The van der Waals surface area contributed by atoms with Gasteiger partial charge >= 0.3 is 0 Å². The highest BCUT2D eigenvalue weighted by Crippen LogP contribution is 2.60. The lowest BCUT2D eigenvalue weighted by Gasteiger charge is -2.43. The number of hydrogen-bond donors (Lipinski definition) is 0. The molecular formula is C21H40. The van der Waals surface area contributed by atoms with Gasteiger partial charge in [-0.25, -0.2) is 0 Å². The van der Waals surface area contributed by atoms with E-state index >= 15 is 0 Å². The molecule has 0 amide bonds. The van der Waals surface area contributed by atoms with Gasteiger partial charge in [0, 0.05) is 0 Å². The van der Waals surface area contributed by atoms with E-state index < -0.39 is 0 Å². The molecule has 21 heavy (non-hydrogen) atoms. The Hall–Kier alpha value is 0. The maximum atomic E-state index is 2.57. The summed E-state index contributed by atoms with van der Waals surface area (Å²) in [4.78, 5) is 0. The zero-order valence-electron chi connectivity index (χ0n) is 15.5. The van der Waals surface area contributed by atoms with E-state index in [1.165, 1.54) is 64.2 Å². The van der Waals surface area contributed by atoms with Gasteiger partial charge in [-0.1, -0.05) is 79.6 Å². The van der Waals surface area contributed by atoms with E-state index in [9.17, 15) is 0 Å². The van der Waals surface area contributed by atoms with Crippen LogP contribution in [-0.4, -0.2) is 0 Å². The molecular weight excluding hydrogens is 252 g/mol. The summed E-state index contributed by atoms with van der Waals surface area (Å²) in [6.07, 6.45) is 14.7. The van der Waals surface area contributed by atoms with Crippen molar-refractivity contribution in [2.75, 3.05) is 0 Å². The van der Waals surface area contributed by atoms with Gasteiger partial charge in [0.1, 0.15) is 0 Å². The first-order valence-corrected chi connectivity index (χ1v) is 9.98. The van der Waals surface area contributed by atoms with Crippen LogP contribution in [0.1, 0.15) is 98.8 Å². The Balaban J connectivity index is 1.76. The maximum absolute atomic E-state index is 2.57. The van der Waals surface area contributed by atoms with Gasteiger partial charge in [-0.2, -0.15) is 0 Å². The molecule has 0 heteroatoms. The van der Waals surface area contributed by atoms with Crippen molar-refractivity contribution in [3.63, 3.8) is 0 Å². The molecule has 0 nitrogen and oxygen atoms in total. The lowest BCUT2D eigenvalue weighted by molar-refractivity contribution is 0.0673. The molecule has 2 aliphatic rings. The van der Waals surface area contributed by atoms with Crippen molar-refractivity contribution in [1.29, 1.82) is 0 Å². The second-order valence-corrected chi connectivity index (χ2v) is 9.04. The fourth-order valence-electron chi connectivity index (χ4n) is 5.67. The quantitative estimate of drug-likeness (QED) is 0.419. The molecule has 0 N–H and O–H groups in total. The predicted octanol–water partition coefficient (Wildman–Crippen LogP) is 7.08. The van der Waals surface area contributed by atoms with Crippen molar-refractivity contribution in [3.05, 3.63) is 0 Å². The van der Waals surface area contributed by atoms with Crippen LogP contribution in [0.3, 0.4) is 0 Å². The molecule has 0 heterocycles. The number of fused-ring (bicyclic) bond motifs is 2. The lowest BCUT2D eigenvalue weighted by atomic mass is 9.62. The largest absolute Gasteiger partial charge is 0.0654 e. The summed E-state index contributed by atoms with van der Waals surface area (Å²) in [6, 6.07) is 0. The molecule has 2 bridgehead atoms. The Kier molecular flexibility index (Phi) is 6.21. The zero-order valence-corrected chi connectivity index (χ0v) is 15.5. The minimum Gasteiger partial charge on any atom is -0.0654 e. The van der Waals surface area contributed by atoms with E-state index in [2.05, 4.69) is 34.6 Å². The van der Waals surface area contributed by atoms with Crippen LogP contribution in [-0.2, 0) is 0 Å². The van der Waals surface area contributed by atoms with E-state index in [0.29, 0.717) is 5.41 Å². The topological polar surface area (TPSA) is 0 Å². The van der Waals surface area contributed by atoms with Gasteiger partial charge in [0.15, 0.2) is 0 Å². The van der Waals surface area contributed by atoms with Crippen molar-refractivity contribution >= 4 is 0 Å². The van der Waals surface area contributed by atoms with Crippen molar-refractivity contribution in [2.45, 2.75) is 98.8 Å². The fourth-order valence-corrected chi connectivity index (χ4v) is 5.67. The van der Waals surface area contributed by atoms with Crippen LogP contribution in [0.2, 0.25) is 0 Å². The average molecular weight is 293 g/mol. The van der Waals surface area contributed by atoms with Crippen molar-refractivity contribution < 1.29 is 0 Å². The van der Waals surface area contributed by atoms with E-state index in [-0.39, 0.29) is 0 Å². The molecule has 2 rings (SSSR count). The van der Waals surface area contributed by atoms with Crippen LogP contribution < -0.4 is 0 Å². The molecule has 0 aromatic heterocycles. The highest BCUT2D eigenvalue weighted by atomic mass is 14.6. The summed E-state index contributed by atoms with van der Waals surface area (Å²) in [5.74, 6) is 4.98. The zero-order chi connectivity index (χ0) is 15.5. The van der Waals surface area contributed by atoms with Crippen molar-refractivity contribution in [3.8, 4) is 0 Å². The van der Waals surface area contributed by atoms with Gasteiger partial charge in [0.05, 0.1) is 0 Å². The molecule has 6 unspecified atom stereocenters. The smallest absolute Gasteiger partial charge is 0.0295 e. The molecule has 2 aliphatic carbocycles. The predicted molar refractivity (Wildman–Crippen MR) is 94.4 cm³/mol. The van der Waals surface area contributed by atoms with Gasteiger partial charge in [-0.15, -0.1) is 0 Å². The third kappa shape index (κ3) is 4.05. The second kappa shape index (κ2) is 7.51. The van der Waals surface area contributed by atoms with Gasteiger partial charge in [0.25, 0.3) is 0 Å². The second-order valence-electron chi connectivity index (χ2n) is 9.04. The monoisotopic (exact) mass is 292 g/mol. The maximum Gasteiger partial charge on any atom is -0.0295 e. The minimum absolute atomic E-state index is 0.681. The van der Waals surface area contributed by atoms with Crippen molar-refractivity contribution in [1.82, 2.24) is 0 Å².